The van der Waals surface area contributed by atoms with E-state index in [1.54, 1.807) is 4.68 Å². The second-order valence-corrected chi connectivity index (χ2v) is 5.07. The van der Waals surface area contributed by atoms with Crippen molar-refractivity contribution in [3.8, 4) is 5.69 Å². The third-order valence-corrected chi connectivity index (χ3v) is 3.19. The van der Waals surface area contributed by atoms with Crippen molar-refractivity contribution in [2.45, 2.75) is 39.5 Å². The third kappa shape index (κ3) is 2.57. The summed E-state index contributed by atoms with van der Waals surface area (Å²) in [6.07, 6.45) is 1.95. The first-order valence-electron chi connectivity index (χ1n) is 6.83. The zero-order chi connectivity index (χ0) is 14.7. The van der Waals surface area contributed by atoms with Crippen LogP contribution < -0.4 is 0 Å². The van der Waals surface area contributed by atoms with Gasteiger partial charge in [-0.25, -0.2) is 9.48 Å². The standard InChI is InChI=1S/C15H19N3O2/c1-4-7-11-8-5-6-9-12(11)18-14(10(2)3)13(15(19)20)16-17-18/h5-6,8-10H,4,7H2,1-3H3,(H,19,20). The van der Waals surface area contributed by atoms with E-state index >= 15 is 0 Å². The van der Waals surface area contributed by atoms with E-state index in [1.165, 1.54) is 0 Å². The number of nitrogens with zero attached hydrogens (tertiary/aromatic N) is 3. The number of aryl methyl sites for hydroxylation is 1. The van der Waals surface area contributed by atoms with Crippen LogP contribution in [0.25, 0.3) is 5.69 Å². The predicted molar refractivity (Wildman–Crippen MR) is 76.4 cm³/mol. The Hall–Kier alpha value is -2.17. The molecule has 0 saturated heterocycles. The molecule has 0 spiro atoms. The number of carboxylic acids is 1. The van der Waals surface area contributed by atoms with Gasteiger partial charge in [0.15, 0.2) is 5.69 Å². The molecule has 1 aromatic heterocycles. The highest BCUT2D eigenvalue weighted by Crippen LogP contribution is 2.24. The molecule has 0 radical (unpaired) electrons. The van der Waals surface area contributed by atoms with E-state index in [0.29, 0.717) is 5.69 Å². The van der Waals surface area contributed by atoms with Crippen LogP contribution in [0.2, 0.25) is 0 Å². The number of benzene rings is 1. The van der Waals surface area contributed by atoms with Crippen molar-refractivity contribution in [1.29, 1.82) is 0 Å². The molecule has 0 fully saturated rings. The summed E-state index contributed by atoms with van der Waals surface area (Å²) in [5.41, 5.74) is 2.74. The number of aromatic nitrogens is 3. The van der Waals surface area contributed by atoms with Gasteiger partial charge in [0.25, 0.3) is 0 Å². The van der Waals surface area contributed by atoms with Gasteiger partial charge in [-0.15, -0.1) is 5.10 Å². The molecule has 0 atom stereocenters. The van der Waals surface area contributed by atoms with Crippen molar-refractivity contribution in [1.82, 2.24) is 15.0 Å². The molecule has 0 aliphatic rings. The number of rotatable bonds is 5. The Morgan fingerprint density at radius 1 is 1.35 bits per heavy atom. The van der Waals surface area contributed by atoms with Crippen LogP contribution in [0.15, 0.2) is 24.3 Å². The number of para-hydroxylation sites is 1. The zero-order valence-electron chi connectivity index (χ0n) is 12.0. The maximum atomic E-state index is 11.3. The molecule has 5 heteroatoms. The summed E-state index contributed by atoms with van der Waals surface area (Å²) < 4.78 is 1.67. The quantitative estimate of drug-likeness (QED) is 0.909. The first-order valence-corrected chi connectivity index (χ1v) is 6.83. The van der Waals surface area contributed by atoms with E-state index in [-0.39, 0.29) is 11.6 Å². The molecule has 0 aliphatic carbocycles. The van der Waals surface area contributed by atoms with E-state index in [4.69, 9.17) is 0 Å². The van der Waals surface area contributed by atoms with Crippen LogP contribution in [0.1, 0.15) is 54.9 Å². The van der Waals surface area contributed by atoms with Crippen molar-refractivity contribution in [3.05, 3.63) is 41.2 Å². The van der Waals surface area contributed by atoms with Gasteiger partial charge in [0, 0.05) is 0 Å². The van der Waals surface area contributed by atoms with E-state index in [1.807, 2.05) is 38.1 Å². The lowest BCUT2D eigenvalue weighted by molar-refractivity contribution is 0.0688. The van der Waals surface area contributed by atoms with Crippen LogP contribution in [-0.4, -0.2) is 26.1 Å². The first-order chi connectivity index (χ1) is 9.56. The van der Waals surface area contributed by atoms with Gasteiger partial charge in [0.1, 0.15) is 0 Å². The summed E-state index contributed by atoms with van der Waals surface area (Å²) in [4.78, 5) is 11.3. The number of hydrogen-bond acceptors (Lipinski definition) is 3. The number of carboxylic acid groups (broad SMARTS) is 1. The zero-order valence-corrected chi connectivity index (χ0v) is 12.0. The summed E-state index contributed by atoms with van der Waals surface area (Å²) >= 11 is 0. The summed E-state index contributed by atoms with van der Waals surface area (Å²) in [7, 11) is 0. The Bertz CT molecular complexity index is 617. The molecule has 0 amide bonds. The molecule has 0 aliphatic heterocycles. The van der Waals surface area contributed by atoms with Crippen LogP contribution in [0.3, 0.4) is 0 Å². The van der Waals surface area contributed by atoms with Crippen molar-refractivity contribution < 1.29 is 9.90 Å². The Morgan fingerprint density at radius 2 is 2.05 bits per heavy atom. The first kappa shape index (κ1) is 14.2. The second-order valence-electron chi connectivity index (χ2n) is 5.07. The minimum Gasteiger partial charge on any atom is -0.476 e. The fourth-order valence-electron chi connectivity index (χ4n) is 2.34. The van der Waals surface area contributed by atoms with Gasteiger partial charge in [0.05, 0.1) is 11.4 Å². The van der Waals surface area contributed by atoms with Crippen molar-refractivity contribution in [3.63, 3.8) is 0 Å². The second kappa shape index (κ2) is 5.86. The van der Waals surface area contributed by atoms with Crippen LogP contribution in [0.5, 0.6) is 0 Å². The lowest BCUT2D eigenvalue weighted by Crippen LogP contribution is -2.10. The Labute approximate surface area is 118 Å². The molecule has 0 saturated carbocycles. The van der Waals surface area contributed by atoms with E-state index in [9.17, 15) is 9.90 Å². The molecule has 0 unspecified atom stereocenters. The Morgan fingerprint density at radius 3 is 2.65 bits per heavy atom. The van der Waals surface area contributed by atoms with Crippen molar-refractivity contribution >= 4 is 5.97 Å². The van der Waals surface area contributed by atoms with E-state index < -0.39 is 5.97 Å². The number of hydrogen-bond donors (Lipinski definition) is 1. The minimum absolute atomic E-state index is 0.0331. The molecule has 2 rings (SSSR count). The van der Waals surface area contributed by atoms with Gasteiger partial charge in [-0.05, 0) is 24.0 Å². The summed E-state index contributed by atoms with van der Waals surface area (Å²) in [6, 6.07) is 7.92. The molecular formula is C15H19N3O2. The summed E-state index contributed by atoms with van der Waals surface area (Å²) in [5, 5.41) is 17.1. The molecule has 1 N–H and O–H groups in total. The highest BCUT2D eigenvalue weighted by atomic mass is 16.4. The minimum atomic E-state index is -1.03. The predicted octanol–water partition coefficient (Wildman–Crippen LogP) is 3.04. The maximum Gasteiger partial charge on any atom is 0.358 e. The Kier molecular flexibility index (Phi) is 4.17. The van der Waals surface area contributed by atoms with E-state index in [2.05, 4.69) is 17.2 Å². The van der Waals surface area contributed by atoms with Gasteiger partial charge in [0.2, 0.25) is 0 Å². The van der Waals surface area contributed by atoms with Gasteiger partial charge in [-0.1, -0.05) is 50.6 Å². The summed E-state index contributed by atoms with van der Waals surface area (Å²) in [6.45, 7) is 6.01. The number of carbonyl (C=O) groups is 1. The molecule has 2 aromatic rings. The smallest absolute Gasteiger partial charge is 0.358 e. The molecule has 1 aromatic carbocycles. The SMILES string of the molecule is CCCc1ccccc1-n1nnc(C(=O)O)c1C(C)C. The van der Waals surface area contributed by atoms with Gasteiger partial charge < -0.3 is 5.11 Å². The molecule has 5 nitrogen and oxygen atoms in total. The largest absolute Gasteiger partial charge is 0.476 e. The fraction of sp³-hybridized carbons (Fsp3) is 0.400. The average molecular weight is 273 g/mol. The van der Waals surface area contributed by atoms with Crippen LogP contribution in [-0.2, 0) is 6.42 Å². The maximum absolute atomic E-state index is 11.3. The van der Waals surface area contributed by atoms with Crippen molar-refractivity contribution in [2.24, 2.45) is 0 Å². The van der Waals surface area contributed by atoms with E-state index in [0.717, 1.165) is 24.1 Å². The number of aromatic carboxylic acids is 1. The molecular weight excluding hydrogens is 254 g/mol. The molecule has 1 heterocycles. The van der Waals surface area contributed by atoms with Gasteiger partial charge in [-0.3, -0.25) is 0 Å². The molecule has 20 heavy (non-hydrogen) atoms. The lowest BCUT2D eigenvalue weighted by Gasteiger charge is -2.13. The van der Waals surface area contributed by atoms with Crippen molar-refractivity contribution in [2.75, 3.05) is 0 Å². The average Bonchev–Trinajstić information content (AvgIpc) is 2.84. The Balaban J connectivity index is 2.61. The highest BCUT2D eigenvalue weighted by Gasteiger charge is 2.23. The topological polar surface area (TPSA) is 68.0 Å². The highest BCUT2D eigenvalue weighted by molar-refractivity contribution is 5.86. The van der Waals surface area contributed by atoms with Crippen LogP contribution in [0, 0.1) is 0 Å². The van der Waals surface area contributed by atoms with Gasteiger partial charge in [-0.2, -0.15) is 0 Å². The normalized spacial score (nSPS) is 11.0. The van der Waals surface area contributed by atoms with Crippen LogP contribution in [0.4, 0.5) is 0 Å². The third-order valence-electron chi connectivity index (χ3n) is 3.19. The summed E-state index contributed by atoms with van der Waals surface area (Å²) in [5.74, 6) is -1.00. The van der Waals surface area contributed by atoms with Crippen LogP contribution >= 0.6 is 0 Å². The lowest BCUT2D eigenvalue weighted by atomic mass is 10.1. The fourth-order valence-corrected chi connectivity index (χ4v) is 2.34. The monoisotopic (exact) mass is 273 g/mol. The molecule has 0 bridgehead atoms. The van der Waals surface area contributed by atoms with Gasteiger partial charge >= 0.3 is 5.97 Å². The molecule has 106 valence electrons.